The second-order valence-corrected chi connectivity index (χ2v) is 7.99. The van der Waals surface area contributed by atoms with Crippen molar-refractivity contribution in [1.82, 2.24) is 10.3 Å². The molecule has 1 aliphatic heterocycles. The molecule has 2 aromatic heterocycles. The number of halogens is 1. The minimum atomic E-state index is -0.416. The Kier molecular flexibility index (Phi) is 5.79. The summed E-state index contributed by atoms with van der Waals surface area (Å²) in [6, 6.07) is 23.1. The molecule has 4 aromatic rings. The van der Waals surface area contributed by atoms with Gasteiger partial charge in [0.1, 0.15) is 29.1 Å². The highest BCUT2D eigenvalue weighted by atomic mass is 32.1. The van der Waals surface area contributed by atoms with Gasteiger partial charge >= 0.3 is 0 Å². The first-order chi connectivity index (χ1) is 16.2. The van der Waals surface area contributed by atoms with E-state index in [-0.39, 0.29) is 11.9 Å². The van der Waals surface area contributed by atoms with E-state index >= 15 is 0 Å². The molecule has 0 bridgehead atoms. The number of pyridine rings is 1. The number of nitrogens with zero attached hydrogens (tertiary/aromatic N) is 2. The van der Waals surface area contributed by atoms with Gasteiger partial charge in [-0.3, -0.25) is 4.98 Å². The van der Waals surface area contributed by atoms with Crippen LogP contribution < -0.4 is 15.0 Å². The van der Waals surface area contributed by atoms with E-state index in [0.717, 1.165) is 17.0 Å². The third kappa shape index (κ3) is 4.07. The van der Waals surface area contributed by atoms with Crippen molar-refractivity contribution in [3.8, 4) is 17.1 Å². The Morgan fingerprint density at radius 2 is 1.82 bits per heavy atom. The first kappa shape index (κ1) is 21.2. The molecule has 3 heterocycles. The van der Waals surface area contributed by atoms with Gasteiger partial charge < -0.3 is 19.4 Å². The van der Waals surface area contributed by atoms with Gasteiger partial charge in [-0.2, -0.15) is 0 Å². The molecule has 33 heavy (non-hydrogen) atoms. The lowest BCUT2D eigenvalue weighted by molar-refractivity contribution is 0.340. The SMILES string of the molecule is CCOc1ccc(-c2ccc([C@H]3[C@@H](c4ccccn4)NC(=S)N3c3ccccc3F)o2)cc1. The highest BCUT2D eigenvalue weighted by molar-refractivity contribution is 7.80. The summed E-state index contributed by atoms with van der Waals surface area (Å²) in [5.41, 5.74) is 2.10. The second-order valence-electron chi connectivity index (χ2n) is 7.61. The normalized spacial score (nSPS) is 17.8. The molecule has 1 saturated heterocycles. The summed E-state index contributed by atoms with van der Waals surface area (Å²) in [7, 11) is 0. The Hall–Kier alpha value is -3.71. The van der Waals surface area contributed by atoms with E-state index in [1.807, 2.05) is 61.5 Å². The first-order valence-corrected chi connectivity index (χ1v) is 11.1. The minimum Gasteiger partial charge on any atom is -0.494 e. The van der Waals surface area contributed by atoms with E-state index in [2.05, 4.69) is 10.3 Å². The van der Waals surface area contributed by atoms with Gasteiger partial charge in [0.15, 0.2) is 5.11 Å². The van der Waals surface area contributed by atoms with Crippen molar-refractivity contribution in [2.75, 3.05) is 11.5 Å². The van der Waals surface area contributed by atoms with Crippen LogP contribution in [0, 0.1) is 5.82 Å². The average molecular weight is 460 g/mol. The van der Waals surface area contributed by atoms with E-state index in [1.54, 1.807) is 29.3 Å². The fourth-order valence-electron chi connectivity index (χ4n) is 4.10. The van der Waals surface area contributed by atoms with Gasteiger partial charge in [0.2, 0.25) is 0 Å². The van der Waals surface area contributed by atoms with Gasteiger partial charge in [0.25, 0.3) is 0 Å². The number of para-hydroxylation sites is 1. The first-order valence-electron chi connectivity index (χ1n) is 10.7. The largest absolute Gasteiger partial charge is 0.494 e. The van der Waals surface area contributed by atoms with Crippen LogP contribution >= 0.6 is 12.2 Å². The Balaban J connectivity index is 1.56. The molecule has 0 spiro atoms. The van der Waals surface area contributed by atoms with Gasteiger partial charge in [-0.25, -0.2) is 4.39 Å². The summed E-state index contributed by atoms with van der Waals surface area (Å²) in [4.78, 5) is 6.28. The van der Waals surface area contributed by atoms with Gasteiger partial charge in [-0.15, -0.1) is 0 Å². The standard InChI is InChI=1S/C26H22FN3O2S/c1-2-31-18-12-10-17(11-13-18)22-14-15-23(32-22)25-24(20-8-5-6-16-28-20)29-26(33)30(25)21-9-4-3-7-19(21)27/h3-16,24-25H,2H2,1H3,(H,29,33)/t24-,25+/m1/s1. The number of rotatable bonds is 6. The third-order valence-corrected chi connectivity index (χ3v) is 5.89. The molecule has 0 amide bonds. The minimum absolute atomic E-state index is 0.308. The Bertz CT molecular complexity index is 1260. The van der Waals surface area contributed by atoms with Crippen LogP contribution in [0.4, 0.5) is 10.1 Å². The molecule has 2 aromatic carbocycles. The van der Waals surface area contributed by atoms with E-state index in [4.69, 9.17) is 21.4 Å². The van der Waals surface area contributed by atoms with Crippen LogP contribution in [-0.2, 0) is 0 Å². The maximum atomic E-state index is 14.8. The number of aromatic nitrogens is 1. The van der Waals surface area contributed by atoms with Crippen LogP contribution in [0.15, 0.2) is 89.5 Å². The molecule has 0 radical (unpaired) electrons. The van der Waals surface area contributed by atoms with Crippen molar-refractivity contribution in [1.29, 1.82) is 0 Å². The summed E-state index contributed by atoms with van der Waals surface area (Å²) in [5, 5.41) is 3.73. The lowest BCUT2D eigenvalue weighted by atomic mass is 10.0. The maximum Gasteiger partial charge on any atom is 0.174 e. The Morgan fingerprint density at radius 3 is 2.55 bits per heavy atom. The summed E-state index contributed by atoms with van der Waals surface area (Å²) in [6.45, 7) is 2.56. The van der Waals surface area contributed by atoms with Crippen LogP contribution in [0.25, 0.3) is 11.3 Å². The lowest BCUT2D eigenvalue weighted by Crippen LogP contribution is -2.30. The fourth-order valence-corrected chi connectivity index (χ4v) is 4.44. The zero-order valence-electron chi connectivity index (χ0n) is 17.9. The topological polar surface area (TPSA) is 50.5 Å². The van der Waals surface area contributed by atoms with Crippen molar-refractivity contribution in [3.63, 3.8) is 0 Å². The van der Waals surface area contributed by atoms with Gasteiger partial charge in [0.05, 0.1) is 24.0 Å². The zero-order valence-corrected chi connectivity index (χ0v) is 18.8. The number of thiocarbonyl (C=S) groups is 1. The number of anilines is 1. The number of hydrogen-bond donors (Lipinski definition) is 1. The molecular weight excluding hydrogens is 437 g/mol. The van der Waals surface area contributed by atoms with Crippen molar-refractivity contribution < 1.29 is 13.5 Å². The number of furan rings is 1. The molecule has 166 valence electrons. The van der Waals surface area contributed by atoms with Crippen LogP contribution in [0.1, 0.15) is 30.5 Å². The fraction of sp³-hybridized carbons (Fsp3) is 0.154. The van der Waals surface area contributed by atoms with Gasteiger partial charge in [0, 0.05) is 11.8 Å². The van der Waals surface area contributed by atoms with E-state index in [9.17, 15) is 4.39 Å². The quantitative estimate of drug-likeness (QED) is 0.354. The van der Waals surface area contributed by atoms with Crippen molar-refractivity contribution in [3.05, 3.63) is 102 Å². The molecule has 1 N–H and O–H groups in total. The Morgan fingerprint density at radius 1 is 1.03 bits per heavy atom. The second kappa shape index (κ2) is 9.03. The average Bonchev–Trinajstić information content (AvgIpc) is 3.45. The van der Waals surface area contributed by atoms with E-state index in [1.165, 1.54) is 6.07 Å². The Labute approximate surface area is 196 Å². The molecule has 5 nitrogen and oxygen atoms in total. The molecule has 2 atom stereocenters. The highest BCUT2D eigenvalue weighted by Gasteiger charge is 2.43. The molecular formula is C26H22FN3O2S. The van der Waals surface area contributed by atoms with Crippen LogP contribution in [-0.4, -0.2) is 16.7 Å². The molecule has 5 rings (SSSR count). The van der Waals surface area contributed by atoms with Crippen LogP contribution in [0.5, 0.6) is 5.75 Å². The molecule has 1 fully saturated rings. The number of ether oxygens (including phenoxy) is 1. The summed E-state index contributed by atoms with van der Waals surface area (Å²) in [5.74, 6) is 1.81. The summed E-state index contributed by atoms with van der Waals surface area (Å²) in [6.07, 6.45) is 1.73. The van der Waals surface area contributed by atoms with E-state index in [0.29, 0.717) is 28.9 Å². The number of hydrogen-bond acceptors (Lipinski definition) is 4. The molecule has 0 unspecified atom stereocenters. The molecule has 1 aliphatic rings. The molecule has 0 saturated carbocycles. The zero-order chi connectivity index (χ0) is 22.8. The lowest BCUT2D eigenvalue weighted by Gasteiger charge is -2.26. The summed E-state index contributed by atoms with van der Waals surface area (Å²) < 4.78 is 26.7. The van der Waals surface area contributed by atoms with Crippen molar-refractivity contribution in [2.45, 2.75) is 19.0 Å². The third-order valence-electron chi connectivity index (χ3n) is 5.58. The van der Waals surface area contributed by atoms with Crippen LogP contribution in [0.3, 0.4) is 0 Å². The van der Waals surface area contributed by atoms with Crippen molar-refractivity contribution in [2.24, 2.45) is 0 Å². The van der Waals surface area contributed by atoms with Crippen LogP contribution in [0.2, 0.25) is 0 Å². The molecule has 0 aliphatic carbocycles. The smallest absolute Gasteiger partial charge is 0.174 e. The predicted octanol–water partition coefficient (Wildman–Crippen LogP) is 6.06. The predicted molar refractivity (Wildman–Crippen MR) is 130 cm³/mol. The monoisotopic (exact) mass is 459 g/mol. The van der Waals surface area contributed by atoms with Gasteiger partial charge in [-0.05, 0) is 79.8 Å². The number of nitrogens with one attached hydrogen (secondary N) is 1. The van der Waals surface area contributed by atoms with E-state index < -0.39 is 6.04 Å². The number of benzene rings is 2. The van der Waals surface area contributed by atoms with Crippen molar-refractivity contribution >= 4 is 23.0 Å². The molecule has 7 heteroatoms. The highest BCUT2D eigenvalue weighted by Crippen LogP contribution is 2.43. The maximum absolute atomic E-state index is 14.8. The summed E-state index contributed by atoms with van der Waals surface area (Å²) >= 11 is 5.64. The van der Waals surface area contributed by atoms with Gasteiger partial charge in [-0.1, -0.05) is 18.2 Å².